The molecule has 0 amide bonds. The lowest BCUT2D eigenvalue weighted by Crippen LogP contribution is -2.15. The molecule has 0 aromatic rings. The molecule has 0 spiro atoms. The molecule has 1 heterocycles. The minimum atomic E-state index is 0.677. The summed E-state index contributed by atoms with van der Waals surface area (Å²) >= 11 is 3.79. The van der Waals surface area contributed by atoms with Gasteiger partial charge in [0, 0.05) is 5.25 Å². The molecule has 1 nitrogen and oxygen atoms in total. The van der Waals surface area contributed by atoms with Gasteiger partial charge in [-0.3, -0.25) is 0 Å². The Kier molecular flexibility index (Phi) is 5.15. The molecule has 1 fully saturated rings. The van der Waals surface area contributed by atoms with Crippen molar-refractivity contribution in [3.63, 3.8) is 0 Å². The van der Waals surface area contributed by atoms with E-state index in [0.29, 0.717) is 11.9 Å². The molecule has 1 rings (SSSR count). The Morgan fingerprint density at radius 1 is 1.73 bits per heavy atom. The molecule has 1 atom stereocenters. The summed E-state index contributed by atoms with van der Waals surface area (Å²) in [5.41, 5.74) is 0. The Morgan fingerprint density at radius 3 is 3.27 bits per heavy atom. The molecule has 0 saturated carbocycles. The first kappa shape index (κ1) is 9.49. The van der Waals surface area contributed by atoms with Crippen LogP contribution in [0.5, 0.6) is 0 Å². The molecule has 11 heavy (non-hydrogen) atoms. The van der Waals surface area contributed by atoms with Gasteiger partial charge in [-0.2, -0.15) is 0 Å². The highest BCUT2D eigenvalue weighted by Gasteiger charge is 2.13. The van der Waals surface area contributed by atoms with E-state index in [-0.39, 0.29) is 0 Å². The zero-order chi connectivity index (χ0) is 7.94. The molecule has 63 valence electrons. The van der Waals surface area contributed by atoms with Crippen LogP contribution in [-0.4, -0.2) is 24.2 Å². The third kappa shape index (κ3) is 4.09. The van der Waals surface area contributed by atoms with Crippen LogP contribution in [0.1, 0.15) is 6.42 Å². The third-order valence-electron chi connectivity index (χ3n) is 1.41. The second-order valence-corrected chi connectivity index (χ2v) is 4.79. The monoisotopic (exact) mass is 189 g/mol. The van der Waals surface area contributed by atoms with Crippen molar-refractivity contribution in [2.75, 3.05) is 19.0 Å². The minimum absolute atomic E-state index is 0.677. The van der Waals surface area contributed by atoms with Crippen LogP contribution in [0.2, 0.25) is 0 Å². The van der Waals surface area contributed by atoms with E-state index in [2.05, 4.69) is 11.7 Å². The highest BCUT2D eigenvalue weighted by molar-refractivity contribution is 8.20. The summed E-state index contributed by atoms with van der Waals surface area (Å²) < 4.78 is 5.35. The van der Waals surface area contributed by atoms with Gasteiger partial charge in [0.1, 0.15) is 0 Å². The molecule has 1 saturated heterocycles. The summed E-state index contributed by atoms with van der Waals surface area (Å²) in [7, 11) is 0. The molecule has 0 aromatic heterocycles. The molecular weight excluding hydrogens is 176 g/mol. The largest absolute Gasteiger partial charge is 0.376 e. The van der Waals surface area contributed by atoms with Gasteiger partial charge in [0.15, 0.2) is 0 Å². The zero-order valence-corrected chi connectivity index (χ0v) is 8.13. The summed E-state index contributed by atoms with van der Waals surface area (Å²) in [5.74, 6) is 1.25. The number of thioether (sulfide) groups is 2. The molecule has 0 aromatic carbocycles. The lowest BCUT2D eigenvalue weighted by Gasteiger charge is -2.19. The second kappa shape index (κ2) is 5.98. The molecule has 1 unspecified atom stereocenters. The molecule has 0 N–H and O–H groups in total. The highest BCUT2D eigenvalue weighted by Crippen LogP contribution is 2.32. The van der Waals surface area contributed by atoms with E-state index in [9.17, 15) is 0 Å². The van der Waals surface area contributed by atoms with Crippen molar-refractivity contribution in [1.29, 1.82) is 0 Å². The number of hydrogen-bond acceptors (Lipinski definition) is 3. The SMILES string of the molecule is C=CCOCC1CCS[CH]S1. The minimum Gasteiger partial charge on any atom is -0.376 e. The fraction of sp³-hybridized carbons (Fsp3) is 0.625. The van der Waals surface area contributed by atoms with Gasteiger partial charge in [0.25, 0.3) is 0 Å². The smallest absolute Gasteiger partial charge is 0.0716 e. The first-order chi connectivity index (χ1) is 5.43. The molecule has 0 bridgehead atoms. The quantitative estimate of drug-likeness (QED) is 0.497. The van der Waals surface area contributed by atoms with Crippen LogP contribution in [0.25, 0.3) is 0 Å². The van der Waals surface area contributed by atoms with Crippen molar-refractivity contribution in [2.24, 2.45) is 0 Å². The first-order valence-electron chi connectivity index (χ1n) is 3.71. The van der Waals surface area contributed by atoms with E-state index in [1.165, 1.54) is 12.2 Å². The van der Waals surface area contributed by atoms with E-state index in [1.54, 1.807) is 6.08 Å². The van der Waals surface area contributed by atoms with Crippen molar-refractivity contribution >= 4 is 23.5 Å². The summed E-state index contributed by atoms with van der Waals surface area (Å²) in [6.45, 7) is 5.15. The summed E-state index contributed by atoms with van der Waals surface area (Å²) in [6.07, 6.45) is 3.06. The lowest BCUT2D eigenvalue weighted by atomic mass is 10.3. The third-order valence-corrected chi connectivity index (χ3v) is 3.63. The summed E-state index contributed by atoms with van der Waals surface area (Å²) in [5, 5.41) is 2.89. The Balaban J connectivity index is 2.00. The van der Waals surface area contributed by atoms with E-state index in [4.69, 9.17) is 4.74 Å². The van der Waals surface area contributed by atoms with Crippen LogP contribution in [0.15, 0.2) is 12.7 Å². The van der Waals surface area contributed by atoms with Gasteiger partial charge in [-0.05, 0) is 12.2 Å². The van der Waals surface area contributed by atoms with E-state index in [0.717, 1.165) is 6.61 Å². The summed E-state index contributed by atoms with van der Waals surface area (Å²) in [6, 6.07) is 0. The molecule has 1 aliphatic heterocycles. The highest BCUT2D eigenvalue weighted by atomic mass is 32.2. The Morgan fingerprint density at radius 2 is 2.64 bits per heavy atom. The predicted molar refractivity (Wildman–Crippen MR) is 53.8 cm³/mol. The fourth-order valence-electron chi connectivity index (χ4n) is 0.839. The average molecular weight is 189 g/mol. The van der Waals surface area contributed by atoms with Crippen molar-refractivity contribution < 1.29 is 4.74 Å². The maximum atomic E-state index is 5.35. The summed E-state index contributed by atoms with van der Waals surface area (Å²) in [4.78, 5) is 0. The molecule has 1 radical (unpaired) electrons. The lowest BCUT2D eigenvalue weighted by molar-refractivity contribution is 0.163. The standard InChI is InChI=1S/C8H13OS2/c1-2-4-9-6-8-3-5-10-7-11-8/h2,7-8H,1,3-6H2. The average Bonchev–Trinajstić information content (AvgIpc) is 2.07. The van der Waals surface area contributed by atoms with E-state index >= 15 is 0 Å². The maximum Gasteiger partial charge on any atom is 0.0716 e. The van der Waals surface area contributed by atoms with Crippen molar-refractivity contribution in [1.82, 2.24) is 0 Å². The van der Waals surface area contributed by atoms with Crippen molar-refractivity contribution in [3.05, 3.63) is 17.7 Å². The van der Waals surface area contributed by atoms with Crippen LogP contribution in [-0.2, 0) is 4.74 Å². The van der Waals surface area contributed by atoms with E-state index < -0.39 is 0 Å². The van der Waals surface area contributed by atoms with Gasteiger partial charge >= 0.3 is 0 Å². The Labute approximate surface area is 77.0 Å². The Hall–Kier alpha value is 0.400. The van der Waals surface area contributed by atoms with Crippen LogP contribution in [0.4, 0.5) is 0 Å². The van der Waals surface area contributed by atoms with Crippen LogP contribution >= 0.6 is 23.5 Å². The zero-order valence-electron chi connectivity index (χ0n) is 6.49. The second-order valence-electron chi connectivity index (χ2n) is 2.34. The van der Waals surface area contributed by atoms with Gasteiger partial charge in [-0.15, -0.1) is 30.1 Å². The molecule has 0 aliphatic carbocycles. The van der Waals surface area contributed by atoms with Gasteiger partial charge in [0.05, 0.1) is 18.3 Å². The maximum absolute atomic E-state index is 5.35. The number of ether oxygens (including phenoxy) is 1. The Bertz CT molecular complexity index is 111. The normalized spacial score (nSPS) is 24.9. The van der Waals surface area contributed by atoms with Gasteiger partial charge in [0.2, 0.25) is 0 Å². The number of hydrogen-bond donors (Lipinski definition) is 0. The predicted octanol–water partition coefficient (Wildman–Crippen LogP) is 2.55. The van der Waals surface area contributed by atoms with Crippen molar-refractivity contribution in [3.8, 4) is 0 Å². The van der Waals surface area contributed by atoms with Crippen molar-refractivity contribution in [2.45, 2.75) is 11.7 Å². The number of rotatable bonds is 4. The van der Waals surface area contributed by atoms with Crippen LogP contribution in [0, 0.1) is 5.08 Å². The molecule has 1 aliphatic rings. The fourth-order valence-corrected chi connectivity index (χ4v) is 3.17. The van der Waals surface area contributed by atoms with Gasteiger partial charge in [-0.1, -0.05) is 6.08 Å². The van der Waals surface area contributed by atoms with E-state index in [1.807, 2.05) is 23.5 Å². The topological polar surface area (TPSA) is 9.23 Å². The first-order valence-corrected chi connectivity index (χ1v) is 5.70. The molecule has 3 heteroatoms. The van der Waals surface area contributed by atoms with Gasteiger partial charge < -0.3 is 4.74 Å². The van der Waals surface area contributed by atoms with Crippen LogP contribution in [0.3, 0.4) is 0 Å². The molecular formula is C8H13OS2. The van der Waals surface area contributed by atoms with Gasteiger partial charge in [-0.25, -0.2) is 0 Å². The van der Waals surface area contributed by atoms with Crippen LogP contribution < -0.4 is 0 Å².